The van der Waals surface area contributed by atoms with Crippen molar-refractivity contribution in [2.24, 2.45) is 16.7 Å². The molecule has 2 heteroatoms. The van der Waals surface area contributed by atoms with E-state index < -0.39 is 0 Å². The Bertz CT molecular complexity index is 660. The van der Waals surface area contributed by atoms with Crippen LogP contribution in [0, 0.1) is 28.1 Å². The van der Waals surface area contributed by atoms with Gasteiger partial charge in [-0.05, 0) is 47.0 Å². The summed E-state index contributed by atoms with van der Waals surface area (Å²) in [6, 6.07) is 10.1. The van der Waals surface area contributed by atoms with E-state index in [0.717, 1.165) is 29.5 Å². The fourth-order valence-corrected chi connectivity index (χ4v) is 4.10. The lowest BCUT2D eigenvalue weighted by Crippen LogP contribution is -2.32. The summed E-state index contributed by atoms with van der Waals surface area (Å²) in [4.78, 5) is 12.8. The summed E-state index contributed by atoms with van der Waals surface area (Å²) < 4.78 is 0. The minimum absolute atomic E-state index is 0.0661. The van der Waals surface area contributed by atoms with Crippen LogP contribution < -0.4 is 0 Å². The molecule has 108 valence electrons. The summed E-state index contributed by atoms with van der Waals surface area (Å²) in [6.07, 6.45) is 4.63. The average molecular weight is 279 g/mol. The molecule has 2 fully saturated rings. The highest BCUT2D eigenvalue weighted by Gasteiger charge is 2.63. The third-order valence-electron chi connectivity index (χ3n) is 5.95. The Morgan fingerprint density at radius 2 is 1.95 bits per heavy atom. The topological polar surface area (TPSA) is 40.9 Å². The Morgan fingerprint density at radius 3 is 2.48 bits per heavy atom. The first-order chi connectivity index (χ1) is 9.90. The molecule has 2 nitrogen and oxygen atoms in total. The van der Waals surface area contributed by atoms with E-state index in [4.69, 9.17) is 5.26 Å². The maximum absolute atomic E-state index is 12.8. The maximum Gasteiger partial charge on any atom is 0.165 e. The molecule has 2 bridgehead atoms. The van der Waals surface area contributed by atoms with Crippen molar-refractivity contribution in [2.45, 2.75) is 40.0 Å². The average Bonchev–Trinajstić information content (AvgIpc) is 2.75. The number of hydrogen-bond donors (Lipinski definition) is 0. The van der Waals surface area contributed by atoms with Gasteiger partial charge in [-0.25, -0.2) is 0 Å². The third-order valence-corrected chi connectivity index (χ3v) is 5.95. The van der Waals surface area contributed by atoms with Crippen LogP contribution in [0.2, 0.25) is 0 Å². The van der Waals surface area contributed by atoms with Crippen molar-refractivity contribution in [1.82, 2.24) is 0 Å². The molecule has 0 amide bonds. The molecule has 3 rings (SSSR count). The number of benzene rings is 1. The number of ketones is 1. The summed E-state index contributed by atoms with van der Waals surface area (Å²) in [5.74, 6) is 0.721. The number of hydrogen-bond acceptors (Lipinski definition) is 2. The lowest BCUT2D eigenvalue weighted by atomic mass is 9.70. The number of allylic oxidation sites excluding steroid dienone is 1. The first-order valence-electron chi connectivity index (χ1n) is 7.62. The van der Waals surface area contributed by atoms with Gasteiger partial charge >= 0.3 is 0 Å². The molecule has 0 radical (unpaired) electrons. The van der Waals surface area contributed by atoms with Gasteiger partial charge in [0.2, 0.25) is 0 Å². The van der Waals surface area contributed by atoms with Crippen molar-refractivity contribution in [3.05, 3.63) is 41.0 Å². The van der Waals surface area contributed by atoms with Crippen molar-refractivity contribution in [3.8, 4) is 6.07 Å². The van der Waals surface area contributed by atoms with E-state index >= 15 is 0 Å². The summed E-state index contributed by atoms with van der Waals surface area (Å²) >= 11 is 0. The van der Waals surface area contributed by atoms with Crippen LogP contribution in [0.5, 0.6) is 0 Å². The summed E-state index contributed by atoms with van der Waals surface area (Å²) in [6.45, 7) is 6.60. The van der Waals surface area contributed by atoms with Crippen LogP contribution in [0.1, 0.15) is 44.7 Å². The molecule has 0 aromatic heterocycles. The fourth-order valence-electron chi connectivity index (χ4n) is 4.10. The van der Waals surface area contributed by atoms with Gasteiger partial charge in [-0.3, -0.25) is 4.79 Å². The zero-order chi connectivity index (χ0) is 15.3. The number of Topliss-reactive ketones (excluding diaryl/α,β-unsaturated/α-hetero) is 1. The second-order valence-electron chi connectivity index (χ2n) is 7.15. The van der Waals surface area contributed by atoms with Gasteiger partial charge in [0.25, 0.3) is 0 Å². The van der Waals surface area contributed by atoms with E-state index in [1.165, 1.54) is 0 Å². The first-order valence-corrected chi connectivity index (χ1v) is 7.62. The number of nitriles is 1. The molecule has 1 aromatic rings. The van der Waals surface area contributed by atoms with Crippen LogP contribution in [-0.4, -0.2) is 5.78 Å². The summed E-state index contributed by atoms with van der Waals surface area (Å²) in [5.41, 5.74) is 2.96. The third kappa shape index (κ3) is 1.87. The van der Waals surface area contributed by atoms with E-state index in [2.05, 4.69) is 32.9 Å². The van der Waals surface area contributed by atoms with Crippen LogP contribution in [0.15, 0.2) is 29.8 Å². The van der Waals surface area contributed by atoms with E-state index in [9.17, 15) is 4.79 Å². The van der Waals surface area contributed by atoms with Gasteiger partial charge in [0, 0.05) is 5.41 Å². The largest absolute Gasteiger partial charge is 0.294 e. The highest BCUT2D eigenvalue weighted by Crippen LogP contribution is 2.65. The van der Waals surface area contributed by atoms with Crippen LogP contribution >= 0.6 is 0 Å². The van der Waals surface area contributed by atoms with Crippen LogP contribution in [0.25, 0.3) is 6.08 Å². The molecular formula is C19H21NO. The van der Waals surface area contributed by atoms with Crippen molar-refractivity contribution in [2.75, 3.05) is 0 Å². The smallest absolute Gasteiger partial charge is 0.165 e. The van der Waals surface area contributed by atoms with Crippen molar-refractivity contribution in [1.29, 1.82) is 5.26 Å². The highest BCUT2D eigenvalue weighted by molar-refractivity contribution is 6.07. The van der Waals surface area contributed by atoms with Crippen molar-refractivity contribution in [3.63, 3.8) is 0 Å². The van der Waals surface area contributed by atoms with Gasteiger partial charge in [-0.2, -0.15) is 5.26 Å². The van der Waals surface area contributed by atoms with Crippen molar-refractivity contribution < 1.29 is 4.79 Å². The van der Waals surface area contributed by atoms with Crippen LogP contribution in [-0.2, 0) is 11.2 Å². The molecule has 0 heterocycles. The predicted molar refractivity (Wildman–Crippen MR) is 83.4 cm³/mol. The Balaban J connectivity index is 1.95. The molecule has 0 aliphatic heterocycles. The fraction of sp³-hybridized carbons (Fsp3) is 0.474. The van der Waals surface area contributed by atoms with Crippen molar-refractivity contribution >= 4 is 11.9 Å². The van der Waals surface area contributed by atoms with E-state index in [1.807, 2.05) is 24.3 Å². The second-order valence-corrected chi connectivity index (χ2v) is 7.15. The molecule has 21 heavy (non-hydrogen) atoms. The number of fused-ring (bicyclic) bond motifs is 2. The Morgan fingerprint density at radius 1 is 1.29 bits per heavy atom. The Hall–Kier alpha value is -1.88. The second kappa shape index (κ2) is 4.56. The van der Waals surface area contributed by atoms with E-state index in [1.54, 1.807) is 0 Å². The zero-order valence-corrected chi connectivity index (χ0v) is 12.9. The summed E-state index contributed by atoms with van der Waals surface area (Å²) in [5, 5.41) is 8.70. The lowest BCUT2D eigenvalue weighted by Gasteiger charge is -2.31. The standard InChI is InChI=1S/C19H21NO/c1-18(2)16-8-10-19(18,3)17(21)15(16)12-14-6-4-13(5-7-14)9-11-20/h4-7,12,16H,8-10H2,1-3H3. The molecule has 0 saturated heterocycles. The quantitative estimate of drug-likeness (QED) is 0.763. The Kier molecular flexibility index (Phi) is 3.06. The normalized spacial score (nSPS) is 31.6. The SMILES string of the molecule is CC12CCC(C(=Cc3ccc(CC#N)cc3)C1=O)C2(C)C. The molecule has 2 aliphatic rings. The van der Waals surface area contributed by atoms with Gasteiger partial charge in [0.1, 0.15) is 0 Å². The molecule has 0 spiro atoms. The minimum Gasteiger partial charge on any atom is -0.294 e. The molecule has 0 N–H and O–H groups in total. The summed E-state index contributed by atoms with van der Waals surface area (Å²) in [7, 11) is 0. The molecule has 1 aromatic carbocycles. The van der Waals surface area contributed by atoms with Gasteiger partial charge in [0.15, 0.2) is 5.78 Å². The lowest BCUT2D eigenvalue weighted by molar-refractivity contribution is -0.125. The number of carbonyl (C=O) groups excluding carboxylic acids is 1. The van der Waals surface area contributed by atoms with E-state index in [-0.39, 0.29) is 10.8 Å². The first kappa shape index (κ1) is 14.1. The van der Waals surface area contributed by atoms with Gasteiger partial charge in [-0.1, -0.05) is 45.0 Å². The van der Waals surface area contributed by atoms with Gasteiger partial charge in [0.05, 0.1) is 12.5 Å². The molecule has 2 saturated carbocycles. The highest BCUT2D eigenvalue weighted by atomic mass is 16.1. The number of carbonyl (C=O) groups is 1. The Labute approximate surface area is 126 Å². The molecular weight excluding hydrogens is 258 g/mol. The van der Waals surface area contributed by atoms with Gasteiger partial charge in [-0.15, -0.1) is 0 Å². The molecule has 2 aliphatic carbocycles. The zero-order valence-electron chi connectivity index (χ0n) is 12.9. The monoisotopic (exact) mass is 279 g/mol. The maximum atomic E-state index is 12.8. The number of nitrogens with zero attached hydrogens (tertiary/aromatic N) is 1. The molecule has 2 unspecified atom stereocenters. The van der Waals surface area contributed by atoms with Crippen LogP contribution in [0.3, 0.4) is 0 Å². The van der Waals surface area contributed by atoms with E-state index in [0.29, 0.717) is 18.1 Å². The number of rotatable bonds is 2. The predicted octanol–water partition coefficient (Wildman–Crippen LogP) is 4.16. The molecule has 2 atom stereocenters. The van der Waals surface area contributed by atoms with Crippen LogP contribution in [0.4, 0.5) is 0 Å². The minimum atomic E-state index is -0.190. The van der Waals surface area contributed by atoms with Gasteiger partial charge < -0.3 is 0 Å².